The lowest BCUT2D eigenvalue weighted by Crippen LogP contribution is -2.33. The summed E-state index contributed by atoms with van der Waals surface area (Å²) in [6.45, 7) is 0. The SMILES string of the molecule is N[C@@H](c1cc2cccc(-c3cc(C4(O)CCC4)ccn3)c2s1)c1ccccc1Cl. The predicted octanol–water partition coefficient (Wildman–Crippen LogP) is 6.04. The van der Waals surface area contributed by atoms with Gasteiger partial charge in [0.1, 0.15) is 0 Å². The molecular formula is C24H21ClN2OS. The number of nitrogens with zero attached hydrogens (tertiary/aromatic N) is 1. The lowest BCUT2D eigenvalue weighted by molar-refractivity contribution is -0.0388. The number of benzene rings is 2. The van der Waals surface area contributed by atoms with Crippen molar-refractivity contribution in [2.75, 3.05) is 0 Å². The lowest BCUT2D eigenvalue weighted by Gasteiger charge is -2.37. The molecule has 3 N–H and O–H groups in total. The van der Waals surface area contributed by atoms with Gasteiger partial charge in [0.25, 0.3) is 0 Å². The van der Waals surface area contributed by atoms with E-state index in [2.05, 4.69) is 23.2 Å². The van der Waals surface area contributed by atoms with Crippen LogP contribution in [0, 0.1) is 0 Å². The van der Waals surface area contributed by atoms with Gasteiger partial charge in [-0.25, -0.2) is 0 Å². The maximum absolute atomic E-state index is 10.7. The number of nitrogens with two attached hydrogens (primary N) is 1. The number of hydrogen-bond donors (Lipinski definition) is 2. The number of hydrogen-bond acceptors (Lipinski definition) is 4. The van der Waals surface area contributed by atoms with Gasteiger partial charge in [0, 0.05) is 26.4 Å². The number of halogens is 1. The fourth-order valence-electron chi connectivity index (χ4n) is 3.99. The Bertz CT molecular complexity index is 1200. The molecule has 0 unspecified atom stereocenters. The average Bonchev–Trinajstić information content (AvgIpc) is 3.16. The molecule has 4 aromatic rings. The second-order valence-electron chi connectivity index (χ2n) is 7.69. The minimum absolute atomic E-state index is 0.274. The zero-order valence-electron chi connectivity index (χ0n) is 15.8. The zero-order valence-corrected chi connectivity index (χ0v) is 17.4. The summed E-state index contributed by atoms with van der Waals surface area (Å²) in [5.41, 5.74) is 9.68. The summed E-state index contributed by atoms with van der Waals surface area (Å²) in [6.07, 6.45) is 4.49. The first-order valence-electron chi connectivity index (χ1n) is 9.77. The molecule has 1 aliphatic carbocycles. The van der Waals surface area contributed by atoms with Crippen molar-refractivity contribution in [1.82, 2.24) is 4.98 Å². The van der Waals surface area contributed by atoms with Crippen molar-refractivity contribution in [2.45, 2.75) is 30.9 Å². The topological polar surface area (TPSA) is 59.1 Å². The number of aliphatic hydroxyl groups is 1. The van der Waals surface area contributed by atoms with Crippen LogP contribution in [0.1, 0.15) is 41.3 Å². The summed E-state index contributed by atoms with van der Waals surface area (Å²) in [5.74, 6) is 0. The number of rotatable bonds is 4. The van der Waals surface area contributed by atoms with E-state index in [1.54, 1.807) is 17.5 Å². The Kier molecular flexibility index (Phi) is 4.67. The number of thiophene rings is 1. The van der Waals surface area contributed by atoms with E-state index in [1.165, 1.54) is 0 Å². The van der Waals surface area contributed by atoms with Crippen LogP contribution in [-0.2, 0) is 5.60 Å². The molecule has 5 rings (SSSR count). The van der Waals surface area contributed by atoms with E-state index in [-0.39, 0.29) is 6.04 Å². The molecule has 146 valence electrons. The number of fused-ring (bicyclic) bond motifs is 1. The summed E-state index contributed by atoms with van der Waals surface area (Å²) in [7, 11) is 0. The zero-order chi connectivity index (χ0) is 20.0. The van der Waals surface area contributed by atoms with Crippen LogP contribution in [0.15, 0.2) is 66.9 Å². The van der Waals surface area contributed by atoms with Gasteiger partial charge < -0.3 is 10.8 Å². The molecule has 1 saturated carbocycles. The van der Waals surface area contributed by atoms with Crippen LogP contribution in [0.25, 0.3) is 21.3 Å². The van der Waals surface area contributed by atoms with Crippen LogP contribution >= 0.6 is 22.9 Å². The van der Waals surface area contributed by atoms with Crippen LogP contribution in [0.5, 0.6) is 0 Å². The van der Waals surface area contributed by atoms with E-state index in [0.29, 0.717) is 5.02 Å². The molecule has 1 atom stereocenters. The highest BCUT2D eigenvalue weighted by atomic mass is 35.5. The molecule has 29 heavy (non-hydrogen) atoms. The quantitative estimate of drug-likeness (QED) is 0.423. The second kappa shape index (κ2) is 7.22. The Morgan fingerprint density at radius 3 is 2.66 bits per heavy atom. The van der Waals surface area contributed by atoms with E-state index >= 15 is 0 Å². The highest BCUT2D eigenvalue weighted by molar-refractivity contribution is 7.19. The van der Waals surface area contributed by atoms with Crippen molar-refractivity contribution in [2.24, 2.45) is 5.73 Å². The number of pyridine rings is 1. The van der Waals surface area contributed by atoms with Gasteiger partial charge in [0.15, 0.2) is 0 Å². The first-order chi connectivity index (χ1) is 14.0. The molecule has 1 aliphatic rings. The molecule has 2 heterocycles. The molecule has 2 aromatic carbocycles. The minimum atomic E-state index is -0.696. The van der Waals surface area contributed by atoms with E-state index in [4.69, 9.17) is 17.3 Å². The van der Waals surface area contributed by atoms with Gasteiger partial charge in [-0.2, -0.15) is 0 Å². The van der Waals surface area contributed by atoms with Crippen molar-refractivity contribution in [3.8, 4) is 11.3 Å². The van der Waals surface area contributed by atoms with E-state index in [9.17, 15) is 5.11 Å². The van der Waals surface area contributed by atoms with Gasteiger partial charge in [0.2, 0.25) is 0 Å². The van der Waals surface area contributed by atoms with Gasteiger partial charge >= 0.3 is 0 Å². The largest absolute Gasteiger partial charge is 0.385 e. The molecular weight excluding hydrogens is 400 g/mol. The second-order valence-corrected chi connectivity index (χ2v) is 9.18. The smallest absolute Gasteiger partial charge is 0.0897 e. The van der Waals surface area contributed by atoms with Crippen LogP contribution < -0.4 is 5.73 Å². The minimum Gasteiger partial charge on any atom is -0.385 e. The van der Waals surface area contributed by atoms with Gasteiger partial charge in [-0.15, -0.1) is 11.3 Å². The molecule has 3 nitrogen and oxygen atoms in total. The normalized spacial score (nSPS) is 16.5. The molecule has 0 saturated heterocycles. The summed E-state index contributed by atoms with van der Waals surface area (Å²) >= 11 is 8.04. The maximum atomic E-state index is 10.7. The Hall–Kier alpha value is -2.24. The summed E-state index contributed by atoms with van der Waals surface area (Å²) < 4.78 is 1.15. The van der Waals surface area contributed by atoms with Crippen molar-refractivity contribution in [1.29, 1.82) is 0 Å². The van der Waals surface area contributed by atoms with Crippen molar-refractivity contribution in [3.63, 3.8) is 0 Å². The van der Waals surface area contributed by atoms with E-state index in [1.807, 2.05) is 42.5 Å². The Morgan fingerprint density at radius 2 is 1.90 bits per heavy atom. The summed E-state index contributed by atoms with van der Waals surface area (Å²) in [4.78, 5) is 5.67. The average molecular weight is 421 g/mol. The van der Waals surface area contributed by atoms with E-state index < -0.39 is 5.60 Å². The summed E-state index contributed by atoms with van der Waals surface area (Å²) in [6, 6.07) is 19.8. The first-order valence-corrected chi connectivity index (χ1v) is 11.0. The Labute approximate surface area is 178 Å². The van der Waals surface area contributed by atoms with Crippen LogP contribution in [0.3, 0.4) is 0 Å². The third-order valence-electron chi connectivity index (χ3n) is 5.86. The predicted molar refractivity (Wildman–Crippen MR) is 120 cm³/mol. The van der Waals surface area contributed by atoms with E-state index in [0.717, 1.165) is 56.6 Å². The fraction of sp³-hybridized carbons (Fsp3) is 0.208. The van der Waals surface area contributed by atoms with Crippen molar-refractivity contribution < 1.29 is 5.11 Å². The molecule has 0 radical (unpaired) electrons. The highest BCUT2D eigenvalue weighted by Gasteiger charge is 2.36. The van der Waals surface area contributed by atoms with Crippen molar-refractivity contribution in [3.05, 3.63) is 87.9 Å². The standard InChI is InChI=1S/C24H21ClN2OS/c25-19-8-2-1-6-17(19)22(26)21-13-15-5-3-7-18(23(15)29-21)20-14-16(9-12-27-20)24(28)10-4-11-24/h1-3,5-9,12-14,22,28H,4,10-11,26H2/t22-/m1/s1. The third kappa shape index (κ3) is 3.26. The Morgan fingerprint density at radius 1 is 1.07 bits per heavy atom. The van der Waals surface area contributed by atoms with Crippen molar-refractivity contribution >= 4 is 33.0 Å². The molecule has 1 fully saturated rings. The molecule has 0 spiro atoms. The molecule has 2 aromatic heterocycles. The summed E-state index contributed by atoms with van der Waals surface area (Å²) in [5, 5.41) is 12.6. The lowest BCUT2D eigenvalue weighted by atomic mass is 9.75. The Balaban J connectivity index is 1.58. The molecule has 0 bridgehead atoms. The third-order valence-corrected chi connectivity index (χ3v) is 7.48. The molecule has 0 amide bonds. The van der Waals surface area contributed by atoms with Gasteiger partial charge in [-0.3, -0.25) is 4.98 Å². The molecule has 5 heteroatoms. The van der Waals surface area contributed by atoms with Crippen LogP contribution in [-0.4, -0.2) is 10.1 Å². The first kappa shape index (κ1) is 18.8. The molecule has 0 aliphatic heterocycles. The highest BCUT2D eigenvalue weighted by Crippen LogP contribution is 2.43. The van der Waals surface area contributed by atoms with Gasteiger partial charge in [-0.05, 0) is 60.0 Å². The van der Waals surface area contributed by atoms with Crippen LogP contribution in [0.4, 0.5) is 0 Å². The van der Waals surface area contributed by atoms with Gasteiger partial charge in [-0.1, -0.05) is 48.0 Å². The number of aromatic nitrogens is 1. The maximum Gasteiger partial charge on any atom is 0.0897 e. The van der Waals surface area contributed by atoms with Gasteiger partial charge in [0.05, 0.1) is 17.3 Å². The van der Waals surface area contributed by atoms with Crippen LogP contribution in [0.2, 0.25) is 5.02 Å². The fourth-order valence-corrected chi connectivity index (χ4v) is 5.44. The monoisotopic (exact) mass is 420 g/mol.